The minimum absolute atomic E-state index is 0.275. The lowest BCUT2D eigenvalue weighted by Gasteiger charge is -1.95. The van der Waals surface area contributed by atoms with Crippen molar-refractivity contribution in [3.63, 3.8) is 0 Å². The van der Waals surface area contributed by atoms with Gasteiger partial charge in [-0.3, -0.25) is 0 Å². The maximum absolute atomic E-state index is 9.14. The van der Waals surface area contributed by atoms with E-state index in [1.165, 1.54) is 0 Å². The summed E-state index contributed by atoms with van der Waals surface area (Å²) >= 11 is 0. The highest BCUT2D eigenvalue weighted by molar-refractivity contribution is 5.19. The lowest BCUT2D eigenvalue weighted by molar-refractivity contribution is 0.402. The van der Waals surface area contributed by atoms with Crippen molar-refractivity contribution in [3.8, 4) is 5.88 Å². The average Bonchev–Trinajstić information content (AvgIpc) is 2.15. The van der Waals surface area contributed by atoms with Crippen molar-refractivity contribution in [2.45, 2.75) is 20.4 Å². The number of nitrogens with zero attached hydrogens (tertiary/aromatic N) is 2. The molecule has 0 amide bonds. The van der Waals surface area contributed by atoms with Crippen molar-refractivity contribution in [1.82, 2.24) is 9.78 Å². The second kappa shape index (κ2) is 2.09. The number of aryl methyl sites for hydroxylation is 2. The Balaban J connectivity index is 3.04. The average molecular weight is 126 g/mol. The molecule has 1 aromatic heterocycles. The van der Waals surface area contributed by atoms with Crippen molar-refractivity contribution in [3.05, 3.63) is 11.8 Å². The summed E-state index contributed by atoms with van der Waals surface area (Å²) in [4.78, 5) is 0. The predicted molar refractivity (Wildman–Crippen MR) is 34.3 cm³/mol. The van der Waals surface area contributed by atoms with Gasteiger partial charge in [-0.05, 0) is 13.8 Å². The number of hydrogen-bond donors (Lipinski definition) is 1. The van der Waals surface area contributed by atoms with Crippen molar-refractivity contribution in [2.75, 3.05) is 0 Å². The Morgan fingerprint density at radius 2 is 2.44 bits per heavy atom. The minimum Gasteiger partial charge on any atom is -0.493 e. The minimum atomic E-state index is 0.275. The summed E-state index contributed by atoms with van der Waals surface area (Å²) in [6, 6.07) is 0. The Labute approximate surface area is 53.9 Å². The van der Waals surface area contributed by atoms with Gasteiger partial charge in [-0.15, -0.1) is 0 Å². The summed E-state index contributed by atoms with van der Waals surface area (Å²) in [6.45, 7) is 4.49. The largest absolute Gasteiger partial charge is 0.493 e. The Hall–Kier alpha value is -0.990. The van der Waals surface area contributed by atoms with Gasteiger partial charge >= 0.3 is 0 Å². The van der Waals surface area contributed by atoms with E-state index in [0.717, 1.165) is 12.1 Å². The van der Waals surface area contributed by atoms with Gasteiger partial charge in [0.15, 0.2) is 0 Å². The van der Waals surface area contributed by atoms with Gasteiger partial charge in [0.2, 0.25) is 5.88 Å². The first-order valence-corrected chi connectivity index (χ1v) is 2.97. The molecule has 3 heteroatoms. The summed E-state index contributed by atoms with van der Waals surface area (Å²) in [5.41, 5.74) is 0.830. The van der Waals surface area contributed by atoms with Gasteiger partial charge in [0, 0.05) is 12.1 Å². The molecule has 1 heterocycles. The molecule has 1 aromatic rings. The SMILES string of the molecule is CCn1ncc(C)c1O. The van der Waals surface area contributed by atoms with Crippen LogP contribution in [0.25, 0.3) is 0 Å². The fraction of sp³-hybridized carbons (Fsp3) is 0.500. The molecule has 1 rings (SSSR count). The second-order valence-corrected chi connectivity index (χ2v) is 1.97. The molecule has 3 nitrogen and oxygen atoms in total. The van der Waals surface area contributed by atoms with Gasteiger partial charge in [-0.1, -0.05) is 0 Å². The first-order chi connectivity index (χ1) is 4.25. The van der Waals surface area contributed by atoms with E-state index in [1.54, 1.807) is 10.9 Å². The van der Waals surface area contributed by atoms with E-state index in [-0.39, 0.29) is 5.88 Å². The zero-order valence-corrected chi connectivity index (χ0v) is 5.63. The maximum atomic E-state index is 9.14. The number of rotatable bonds is 1. The molecule has 0 spiro atoms. The summed E-state index contributed by atoms with van der Waals surface area (Å²) in [6.07, 6.45) is 1.65. The highest BCUT2D eigenvalue weighted by Crippen LogP contribution is 2.12. The van der Waals surface area contributed by atoms with Crippen LogP contribution in [0.4, 0.5) is 0 Å². The monoisotopic (exact) mass is 126 g/mol. The topological polar surface area (TPSA) is 38.0 Å². The summed E-state index contributed by atoms with van der Waals surface area (Å²) in [5.74, 6) is 0.275. The first kappa shape index (κ1) is 6.13. The van der Waals surface area contributed by atoms with E-state index in [2.05, 4.69) is 5.10 Å². The summed E-state index contributed by atoms with van der Waals surface area (Å²) < 4.78 is 1.55. The van der Waals surface area contributed by atoms with E-state index in [0.29, 0.717) is 0 Å². The van der Waals surface area contributed by atoms with Gasteiger partial charge < -0.3 is 5.11 Å². The van der Waals surface area contributed by atoms with E-state index in [4.69, 9.17) is 5.11 Å². The van der Waals surface area contributed by atoms with Crippen LogP contribution >= 0.6 is 0 Å². The molecule has 0 aliphatic heterocycles. The third-order valence-corrected chi connectivity index (χ3v) is 1.29. The number of aromatic hydroxyl groups is 1. The van der Waals surface area contributed by atoms with Gasteiger partial charge in [0.25, 0.3) is 0 Å². The molecule has 0 aliphatic rings. The lowest BCUT2D eigenvalue weighted by Crippen LogP contribution is -1.94. The van der Waals surface area contributed by atoms with Crippen LogP contribution in [-0.2, 0) is 6.54 Å². The number of aromatic nitrogens is 2. The summed E-state index contributed by atoms with van der Waals surface area (Å²) in [5, 5.41) is 13.0. The van der Waals surface area contributed by atoms with Crippen molar-refractivity contribution in [1.29, 1.82) is 0 Å². The van der Waals surface area contributed by atoms with E-state index in [9.17, 15) is 0 Å². The van der Waals surface area contributed by atoms with E-state index < -0.39 is 0 Å². The van der Waals surface area contributed by atoms with E-state index in [1.807, 2.05) is 13.8 Å². The standard InChI is InChI=1S/C6H10N2O/c1-3-8-6(9)5(2)4-7-8/h4,9H,3H2,1-2H3. The molecule has 0 fully saturated rings. The second-order valence-electron chi connectivity index (χ2n) is 1.97. The van der Waals surface area contributed by atoms with Crippen molar-refractivity contribution < 1.29 is 5.11 Å². The van der Waals surface area contributed by atoms with Crippen LogP contribution in [0.2, 0.25) is 0 Å². The van der Waals surface area contributed by atoms with Crippen LogP contribution < -0.4 is 0 Å². The molecule has 0 saturated heterocycles. The molecule has 0 saturated carbocycles. The molecule has 0 aliphatic carbocycles. The Bertz CT molecular complexity index is 205. The Morgan fingerprint density at radius 3 is 2.67 bits per heavy atom. The fourth-order valence-corrected chi connectivity index (χ4v) is 0.704. The van der Waals surface area contributed by atoms with Crippen LogP contribution in [-0.4, -0.2) is 14.9 Å². The van der Waals surface area contributed by atoms with Crippen molar-refractivity contribution >= 4 is 0 Å². The van der Waals surface area contributed by atoms with Crippen LogP contribution in [0.15, 0.2) is 6.20 Å². The van der Waals surface area contributed by atoms with Crippen LogP contribution in [0.5, 0.6) is 5.88 Å². The smallest absolute Gasteiger partial charge is 0.212 e. The molecule has 50 valence electrons. The quantitative estimate of drug-likeness (QED) is 0.607. The molecule has 0 radical (unpaired) electrons. The van der Waals surface area contributed by atoms with Crippen LogP contribution in [0, 0.1) is 6.92 Å². The third kappa shape index (κ3) is 0.896. The molecular formula is C6H10N2O. The van der Waals surface area contributed by atoms with Crippen LogP contribution in [0.1, 0.15) is 12.5 Å². The highest BCUT2D eigenvalue weighted by Gasteiger charge is 2.00. The predicted octanol–water partition coefficient (Wildman–Crippen LogP) is 0.917. The number of hydrogen-bond acceptors (Lipinski definition) is 2. The van der Waals surface area contributed by atoms with E-state index >= 15 is 0 Å². The lowest BCUT2D eigenvalue weighted by atomic mass is 10.4. The normalized spacial score (nSPS) is 10.0. The van der Waals surface area contributed by atoms with Crippen molar-refractivity contribution in [2.24, 2.45) is 0 Å². The molecule has 0 bridgehead atoms. The molecular weight excluding hydrogens is 116 g/mol. The third-order valence-electron chi connectivity index (χ3n) is 1.29. The van der Waals surface area contributed by atoms with Gasteiger partial charge in [-0.2, -0.15) is 5.10 Å². The Kier molecular flexibility index (Phi) is 1.42. The fourth-order valence-electron chi connectivity index (χ4n) is 0.704. The first-order valence-electron chi connectivity index (χ1n) is 2.97. The molecule has 0 unspecified atom stereocenters. The highest BCUT2D eigenvalue weighted by atomic mass is 16.3. The Morgan fingerprint density at radius 1 is 1.78 bits per heavy atom. The molecule has 0 aromatic carbocycles. The van der Waals surface area contributed by atoms with Gasteiger partial charge in [-0.25, -0.2) is 4.68 Å². The molecule has 9 heavy (non-hydrogen) atoms. The zero-order chi connectivity index (χ0) is 6.85. The maximum Gasteiger partial charge on any atom is 0.212 e. The zero-order valence-electron chi connectivity index (χ0n) is 5.63. The molecule has 1 N–H and O–H groups in total. The van der Waals surface area contributed by atoms with Crippen LogP contribution in [0.3, 0.4) is 0 Å². The van der Waals surface area contributed by atoms with Gasteiger partial charge in [0.05, 0.1) is 6.20 Å². The van der Waals surface area contributed by atoms with Gasteiger partial charge in [0.1, 0.15) is 0 Å². The molecule has 0 atom stereocenters. The summed E-state index contributed by atoms with van der Waals surface area (Å²) in [7, 11) is 0.